The molecule has 94 valence electrons. The molecule has 0 bridgehead atoms. The number of amides is 1. The lowest BCUT2D eigenvalue weighted by Gasteiger charge is -2.19. The van der Waals surface area contributed by atoms with E-state index in [1.165, 1.54) is 0 Å². The molecule has 1 amide bonds. The monoisotopic (exact) mass is 238 g/mol. The summed E-state index contributed by atoms with van der Waals surface area (Å²) in [5.41, 5.74) is 2.62. The Hall–Kier alpha value is -1.73. The molecule has 17 heavy (non-hydrogen) atoms. The van der Waals surface area contributed by atoms with E-state index in [0.717, 1.165) is 0 Å². The molecule has 0 saturated heterocycles. The number of rotatable bonds is 5. The molecule has 0 aliphatic rings. The molecule has 0 saturated carbocycles. The number of nitrogens with zero attached hydrogens (tertiary/aromatic N) is 3. The van der Waals surface area contributed by atoms with Crippen molar-refractivity contribution in [2.75, 3.05) is 26.1 Å². The molecular formula is C10H18N6O. The first kappa shape index (κ1) is 13.3. The van der Waals surface area contributed by atoms with Crippen LogP contribution in [-0.2, 0) is 0 Å². The van der Waals surface area contributed by atoms with E-state index in [1.807, 2.05) is 25.9 Å². The second-order valence-corrected chi connectivity index (χ2v) is 3.97. The van der Waals surface area contributed by atoms with Crippen molar-refractivity contribution in [2.45, 2.75) is 13.0 Å². The Bertz CT molecular complexity index is 364. The standard InChI is InChI=1S/C10H18N6O/c1-7(16(2)3)6-12-10(17)8-4-5-9(13-11)15-14-8/h4-5,7H,6,11H2,1-3H3,(H,12,17)(H,13,15). The average molecular weight is 238 g/mol. The van der Waals surface area contributed by atoms with Crippen molar-refractivity contribution in [2.24, 2.45) is 5.84 Å². The lowest BCUT2D eigenvalue weighted by Crippen LogP contribution is -2.38. The molecule has 1 aromatic heterocycles. The van der Waals surface area contributed by atoms with Gasteiger partial charge in [0.1, 0.15) is 0 Å². The summed E-state index contributed by atoms with van der Waals surface area (Å²) in [6.07, 6.45) is 0. The summed E-state index contributed by atoms with van der Waals surface area (Å²) in [5, 5.41) is 10.3. The number of hydrazine groups is 1. The van der Waals surface area contributed by atoms with Crippen LogP contribution in [-0.4, -0.2) is 47.7 Å². The van der Waals surface area contributed by atoms with E-state index in [2.05, 4.69) is 20.9 Å². The van der Waals surface area contributed by atoms with Gasteiger partial charge in [-0.2, -0.15) is 0 Å². The Morgan fingerprint density at radius 2 is 2.18 bits per heavy atom. The lowest BCUT2D eigenvalue weighted by atomic mass is 10.3. The smallest absolute Gasteiger partial charge is 0.271 e. The van der Waals surface area contributed by atoms with Gasteiger partial charge in [-0.25, -0.2) is 5.84 Å². The molecule has 0 fully saturated rings. The summed E-state index contributed by atoms with van der Waals surface area (Å²) >= 11 is 0. The Labute approximate surface area is 100 Å². The summed E-state index contributed by atoms with van der Waals surface area (Å²) in [4.78, 5) is 13.7. The van der Waals surface area contributed by atoms with Crippen molar-refractivity contribution in [3.05, 3.63) is 17.8 Å². The molecule has 1 heterocycles. The normalized spacial score (nSPS) is 12.3. The predicted molar refractivity (Wildman–Crippen MR) is 65.3 cm³/mol. The maximum absolute atomic E-state index is 11.7. The van der Waals surface area contributed by atoms with Crippen LogP contribution in [0, 0.1) is 0 Å². The number of nitrogen functional groups attached to an aromatic ring is 1. The van der Waals surface area contributed by atoms with Crippen LogP contribution in [0.1, 0.15) is 17.4 Å². The lowest BCUT2D eigenvalue weighted by molar-refractivity contribution is 0.0937. The molecule has 0 spiro atoms. The van der Waals surface area contributed by atoms with Crippen molar-refractivity contribution >= 4 is 11.7 Å². The molecule has 1 rings (SSSR count). The van der Waals surface area contributed by atoms with Crippen molar-refractivity contribution < 1.29 is 4.79 Å². The molecule has 1 aromatic rings. The molecule has 1 atom stereocenters. The van der Waals surface area contributed by atoms with Crippen LogP contribution in [0.25, 0.3) is 0 Å². The van der Waals surface area contributed by atoms with Gasteiger partial charge in [0.15, 0.2) is 11.5 Å². The van der Waals surface area contributed by atoms with E-state index in [-0.39, 0.29) is 17.6 Å². The van der Waals surface area contributed by atoms with E-state index in [1.54, 1.807) is 12.1 Å². The number of carbonyl (C=O) groups excluding carboxylic acids is 1. The van der Waals surface area contributed by atoms with E-state index in [4.69, 9.17) is 5.84 Å². The van der Waals surface area contributed by atoms with Crippen molar-refractivity contribution in [1.82, 2.24) is 20.4 Å². The number of hydrogen-bond donors (Lipinski definition) is 3. The zero-order valence-electron chi connectivity index (χ0n) is 10.3. The topological polar surface area (TPSA) is 96.2 Å². The number of likely N-dealkylation sites (N-methyl/N-ethyl adjacent to an activating group) is 1. The van der Waals surface area contributed by atoms with Gasteiger partial charge >= 0.3 is 0 Å². The Morgan fingerprint density at radius 3 is 2.65 bits per heavy atom. The van der Waals surface area contributed by atoms with Gasteiger partial charge in [0.25, 0.3) is 5.91 Å². The maximum Gasteiger partial charge on any atom is 0.271 e. The number of aromatic nitrogens is 2. The Kier molecular flexibility index (Phi) is 4.80. The predicted octanol–water partition coefficient (Wildman–Crippen LogP) is -0.558. The summed E-state index contributed by atoms with van der Waals surface area (Å²) < 4.78 is 0. The quantitative estimate of drug-likeness (QED) is 0.470. The summed E-state index contributed by atoms with van der Waals surface area (Å²) in [5.74, 6) is 5.33. The third-order valence-electron chi connectivity index (χ3n) is 2.48. The van der Waals surface area contributed by atoms with E-state index in [0.29, 0.717) is 12.4 Å². The fraction of sp³-hybridized carbons (Fsp3) is 0.500. The average Bonchev–Trinajstić information content (AvgIpc) is 2.35. The molecule has 0 aliphatic carbocycles. The minimum absolute atomic E-state index is 0.241. The number of nitrogens with one attached hydrogen (secondary N) is 2. The zero-order valence-corrected chi connectivity index (χ0v) is 10.3. The first-order valence-corrected chi connectivity index (χ1v) is 5.29. The number of hydrogen-bond acceptors (Lipinski definition) is 6. The summed E-state index contributed by atoms with van der Waals surface area (Å²) in [6.45, 7) is 2.58. The Morgan fingerprint density at radius 1 is 1.47 bits per heavy atom. The summed E-state index contributed by atoms with van der Waals surface area (Å²) in [7, 11) is 3.91. The van der Waals surface area contributed by atoms with Gasteiger partial charge < -0.3 is 15.6 Å². The van der Waals surface area contributed by atoms with Gasteiger partial charge in [0.05, 0.1) is 0 Å². The van der Waals surface area contributed by atoms with Gasteiger partial charge in [-0.05, 0) is 33.2 Å². The molecule has 0 radical (unpaired) electrons. The number of nitrogens with two attached hydrogens (primary N) is 1. The van der Waals surface area contributed by atoms with Crippen molar-refractivity contribution in [1.29, 1.82) is 0 Å². The first-order valence-electron chi connectivity index (χ1n) is 5.29. The molecular weight excluding hydrogens is 220 g/mol. The highest BCUT2D eigenvalue weighted by Gasteiger charge is 2.10. The van der Waals surface area contributed by atoms with E-state index in [9.17, 15) is 4.79 Å². The second-order valence-electron chi connectivity index (χ2n) is 3.97. The van der Waals surface area contributed by atoms with Gasteiger partial charge in [-0.1, -0.05) is 0 Å². The molecule has 1 unspecified atom stereocenters. The molecule has 0 aromatic carbocycles. The van der Waals surface area contributed by atoms with Gasteiger partial charge in [-0.15, -0.1) is 10.2 Å². The molecule has 4 N–H and O–H groups in total. The van der Waals surface area contributed by atoms with E-state index < -0.39 is 0 Å². The fourth-order valence-electron chi connectivity index (χ4n) is 1.04. The van der Waals surface area contributed by atoms with Crippen LogP contribution >= 0.6 is 0 Å². The maximum atomic E-state index is 11.7. The van der Waals surface area contributed by atoms with E-state index >= 15 is 0 Å². The summed E-state index contributed by atoms with van der Waals surface area (Å²) in [6, 6.07) is 3.42. The van der Waals surface area contributed by atoms with Crippen LogP contribution in [0.4, 0.5) is 5.82 Å². The van der Waals surface area contributed by atoms with Crippen LogP contribution < -0.4 is 16.6 Å². The molecule has 0 aliphatic heterocycles. The van der Waals surface area contributed by atoms with Gasteiger partial charge in [0.2, 0.25) is 0 Å². The van der Waals surface area contributed by atoms with Crippen molar-refractivity contribution in [3.63, 3.8) is 0 Å². The van der Waals surface area contributed by atoms with Gasteiger partial charge in [0, 0.05) is 12.6 Å². The van der Waals surface area contributed by atoms with Crippen LogP contribution in [0.15, 0.2) is 12.1 Å². The minimum Gasteiger partial charge on any atom is -0.349 e. The molecule has 7 nitrogen and oxygen atoms in total. The first-order chi connectivity index (χ1) is 8.04. The third kappa shape index (κ3) is 3.97. The highest BCUT2D eigenvalue weighted by Crippen LogP contribution is 1.99. The Balaban J connectivity index is 2.52. The largest absolute Gasteiger partial charge is 0.349 e. The number of carbonyl (C=O) groups is 1. The second kappa shape index (κ2) is 6.12. The number of anilines is 1. The minimum atomic E-state index is -0.241. The van der Waals surface area contributed by atoms with Crippen molar-refractivity contribution in [3.8, 4) is 0 Å². The molecule has 7 heteroatoms. The van der Waals surface area contributed by atoms with Crippen LogP contribution in [0.2, 0.25) is 0 Å². The highest BCUT2D eigenvalue weighted by molar-refractivity contribution is 5.92. The highest BCUT2D eigenvalue weighted by atomic mass is 16.1. The van der Waals surface area contributed by atoms with Crippen LogP contribution in [0.5, 0.6) is 0 Å². The van der Waals surface area contributed by atoms with Gasteiger partial charge in [-0.3, -0.25) is 4.79 Å². The fourth-order valence-corrected chi connectivity index (χ4v) is 1.04. The SMILES string of the molecule is CC(CNC(=O)c1ccc(NN)nn1)N(C)C. The van der Waals surface area contributed by atoms with Crippen LogP contribution in [0.3, 0.4) is 0 Å². The zero-order chi connectivity index (χ0) is 12.8. The third-order valence-corrected chi connectivity index (χ3v) is 2.48.